The largest absolute Gasteiger partial charge is 0.346 e. The molecule has 4 fully saturated rings. The van der Waals surface area contributed by atoms with E-state index in [0.29, 0.717) is 29.1 Å². The van der Waals surface area contributed by atoms with Crippen LogP contribution in [0.15, 0.2) is 18.2 Å². The van der Waals surface area contributed by atoms with Gasteiger partial charge in [-0.3, -0.25) is 19.9 Å². The second-order valence-corrected chi connectivity index (χ2v) is 11.0. The highest BCUT2D eigenvalue weighted by Crippen LogP contribution is 2.82. The van der Waals surface area contributed by atoms with Crippen molar-refractivity contribution in [1.82, 2.24) is 10.2 Å². The van der Waals surface area contributed by atoms with Crippen molar-refractivity contribution in [2.75, 3.05) is 5.32 Å². The topological polar surface area (TPSA) is 85.3 Å². The van der Waals surface area contributed by atoms with E-state index in [1.165, 1.54) is 4.90 Å². The van der Waals surface area contributed by atoms with Crippen LogP contribution in [0.1, 0.15) is 57.4 Å². The zero-order valence-electron chi connectivity index (χ0n) is 17.5. The Hall–Kier alpha value is -1.93. The van der Waals surface area contributed by atoms with Crippen LogP contribution in [0.5, 0.6) is 0 Å². The van der Waals surface area contributed by atoms with Crippen LogP contribution in [-0.4, -0.2) is 39.5 Å². The highest BCUT2D eigenvalue weighted by atomic mass is 35.5. The Bertz CT molecular complexity index is 1010. The summed E-state index contributed by atoms with van der Waals surface area (Å²) in [7, 11) is 0. The van der Waals surface area contributed by atoms with Crippen molar-refractivity contribution in [3.63, 3.8) is 0 Å². The van der Waals surface area contributed by atoms with Crippen LogP contribution in [0.2, 0.25) is 5.02 Å². The quantitative estimate of drug-likeness (QED) is 0.545. The molecule has 2 amide bonds. The first kappa shape index (κ1) is 21.9. The molecule has 0 spiro atoms. The molecule has 4 aliphatic rings. The van der Waals surface area contributed by atoms with E-state index < -0.39 is 27.8 Å². The summed E-state index contributed by atoms with van der Waals surface area (Å²) in [5.41, 5.74) is -0.461. The van der Waals surface area contributed by atoms with E-state index in [-0.39, 0.29) is 49.9 Å². The smallest absolute Gasteiger partial charge is 0.248 e. The molecule has 32 heavy (non-hydrogen) atoms. The van der Waals surface area contributed by atoms with Gasteiger partial charge in [-0.05, 0) is 44.2 Å². The lowest BCUT2D eigenvalue weighted by Crippen LogP contribution is -2.62. The maximum atomic E-state index is 13.5. The molecular formula is C22H24Cl2F2N4O2. The summed E-state index contributed by atoms with van der Waals surface area (Å²) in [5.74, 6) is -3.29. The molecule has 5 rings (SSSR count). The van der Waals surface area contributed by atoms with Crippen molar-refractivity contribution >= 4 is 46.7 Å². The van der Waals surface area contributed by atoms with Gasteiger partial charge in [0.1, 0.15) is 0 Å². The maximum Gasteiger partial charge on any atom is 0.248 e. The number of anilines is 1. The second kappa shape index (κ2) is 6.79. The van der Waals surface area contributed by atoms with E-state index in [1.807, 2.05) is 0 Å². The van der Waals surface area contributed by atoms with E-state index in [9.17, 15) is 18.4 Å². The molecule has 1 heterocycles. The van der Waals surface area contributed by atoms with Gasteiger partial charge in [-0.1, -0.05) is 23.7 Å². The van der Waals surface area contributed by atoms with Crippen molar-refractivity contribution in [3.8, 4) is 0 Å². The van der Waals surface area contributed by atoms with Gasteiger partial charge in [0, 0.05) is 18.9 Å². The van der Waals surface area contributed by atoms with Gasteiger partial charge in [-0.15, -0.1) is 11.6 Å². The summed E-state index contributed by atoms with van der Waals surface area (Å²) in [5, 5.41) is 14.7. The van der Waals surface area contributed by atoms with Crippen LogP contribution in [0, 0.1) is 10.8 Å². The molecule has 0 unspecified atom stereocenters. The third-order valence-corrected chi connectivity index (χ3v) is 8.54. The van der Waals surface area contributed by atoms with Crippen LogP contribution in [0.4, 0.5) is 14.5 Å². The number of amides is 2. The monoisotopic (exact) mass is 484 g/mol. The molecule has 1 atom stereocenters. The molecule has 0 bridgehead atoms. The fraction of sp³-hybridized carbons (Fsp3) is 0.591. The first-order chi connectivity index (χ1) is 14.9. The van der Waals surface area contributed by atoms with Gasteiger partial charge in [-0.2, -0.15) is 0 Å². The normalized spacial score (nSPS) is 35.7. The number of carbonyl (C=O) groups excluding carboxylic acids is 2. The minimum absolute atomic E-state index is 0.00806. The van der Waals surface area contributed by atoms with Gasteiger partial charge in [0.15, 0.2) is 5.96 Å². The third kappa shape index (κ3) is 3.29. The Labute approximate surface area is 194 Å². The summed E-state index contributed by atoms with van der Waals surface area (Å²) in [6.45, 7) is 1.77. The van der Waals surface area contributed by atoms with E-state index in [1.54, 1.807) is 25.1 Å². The molecule has 172 valence electrons. The van der Waals surface area contributed by atoms with Crippen LogP contribution in [0.3, 0.4) is 0 Å². The van der Waals surface area contributed by atoms with E-state index in [0.717, 1.165) is 0 Å². The van der Waals surface area contributed by atoms with Crippen LogP contribution < -0.4 is 10.6 Å². The summed E-state index contributed by atoms with van der Waals surface area (Å²) in [6, 6.07) is 4.76. The number of alkyl halides is 3. The minimum Gasteiger partial charge on any atom is -0.346 e. The Balaban J connectivity index is 1.34. The third-order valence-electron chi connectivity index (χ3n) is 7.51. The number of benzene rings is 1. The van der Waals surface area contributed by atoms with Crippen molar-refractivity contribution in [2.45, 2.75) is 74.2 Å². The first-order valence-corrected chi connectivity index (χ1v) is 11.5. The zero-order chi connectivity index (χ0) is 23.1. The lowest BCUT2D eigenvalue weighted by Gasteiger charge is -2.45. The number of rotatable bonds is 4. The van der Waals surface area contributed by atoms with Crippen molar-refractivity contribution in [3.05, 3.63) is 28.8 Å². The predicted octanol–water partition coefficient (Wildman–Crippen LogP) is 4.60. The molecule has 0 radical (unpaired) electrons. The standard InChI is InChI=1S/C22H24Cl2F2N4O2/c1-19(9-15(31)30(18(27)29-19)12-5-7-22(25,26)8-6-12)13-3-2-4-14(16(13)23)28-17(32)20-10-21(20,24)11-20/h2-4,12H,5-11H2,1H3,(H2,27,29)(H,28,32)/t19-,20?,21?/m0/s1. The Morgan fingerprint density at radius 1 is 1.28 bits per heavy atom. The molecule has 1 aliphatic heterocycles. The van der Waals surface area contributed by atoms with Gasteiger partial charge in [-0.25, -0.2) is 8.78 Å². The number of fused-ring (bicyclic) bond motifs is 1. The SMILES string of the molecule is C[C@@]1(c2cccc(NC(=O)C34CC3(Cl)C4)c2Cl)CC(=O)N(C2CCC(F)(F)CC2)C(=N)N1. The molecule has 0 aromatic heterocycles. The number of hydrogen-bond donors (Lipinski definition) is 3. The number of nitrogens with one attached hydrogen (secondary N) is 3. The average Bonchev–Trinajstić information content (AvgIpc) is 3.49. The fourth-order valence-electron chi connectivity index (χ4n) is 5.19. The Morgan fingerprint density at radius 2 is 1.91 bits per heavy atom. The van der Waals surface area contributed by atoms with Crippen molar-refractivity contribution < 1.29 is 18.4 Å². The molecule has 3 aliphatic carbocycles. The fourth-order valence-corrected chi connectivity index (χ4v) is 6.11. The van der Waals surface area contributed by atoms with Gasteiger partial charge < -0.3 is 10.6 Å². The molecular weight excluding hydrogens is 461 g/mol. The van der Waals surface area contributed by atoms with E-state index in [4.69, 9.17) is 28.6 Å². The number of hydrogen-bond acceptors (Lipinski definition) is 3. The molecule has 6 nitrogen and oxygen atoms in total. The number of halogens is 4. The molecule has 1 aromatic carbocycles. The molecule has 3 saturated carbocycles. The maximum absolute atomic E-state index is 13.5. The highest BCUT2D eigenvalue weighted by Gasteiger charge is 2.87. The van der Waals surface area contributed by atoms with E-state index >= 15 is 0 Å². The summed E-state index contributed by atoms with van der Waals surface area (Å²) < 4.78 is 27.1. The number of carbonyl (C=O) groups is 2. The van der Waals surface area contributed by atoms with Crippen LogP contribution >= 0.6 is 23.2 Å². The molecule has 1 aromatic rings. The van der Waals surface area contributed by atoms with E-state index in [2.05, 4.69) is 10.6 Å². The van der Waals surface area contributed by atoms with Crippen LogP contribution in [-0.2, 0) is 15.1 Å². The molecule has 1 saturated heterocycles. The van der Waals surface area contributed by atoms with Gasteiger partial charge in [0.05, 0.1) is 33.0 Å². The predicted molar refractivity (Wildman–Crippen MR) is 117 cm³/mol. The van der Waals surface area contributed by atoms with Gasteiger partial charge >= 0.3 is 0 Å². The number of guanidine groups is 1. The van der Waals surface area contributed by atoms with Crippen LogP contribution in [0.25, 0.3) is 0 Å². The lowest BCUT2D eigenvalue weighted by molar-refractivity contribution is -0.135. The summed E-state index contributed by atoms with van der Waals surface area (Å²) >= 11 is 12.9. The molecule has 3 N–H and O–H groups in total. The first-order valence-electron chi connectivity index (χ1n) is 10.8. The Morgan fingerprint density at radius 3 is 2.47 bits per heavy atom. The Kier molecular flexibility index (Phi) is 4.65. The van der Waals surface area contributed by atoms with Crippen molar-refractivity contribution in [1.29, 1.82) is 5.41 Å². The van der Waals surface area contributed by atoms with Crippen molar-refractivity contribution in [2.24, 2.45) is 5.41 Å². The average molecular weight is 485 g/mol. The highest BCUT2D eigenvalue weighted by molar-refractivity contribution is 6.36. The molecule has 10 heteroatoms. The minimum atomic E-state index is -2.71. The zero-order valence-corrected chi connectivity index (χ0v) is 19.0. The summed E-state index contributed by atoms with van der Waals surface area (Å²) in [4.78, 5) is 26.6. The summed E-state index contributed by atoms with van der Waals surface area (Å²) in [6.07, 6.45) is 1.08. The number of nitrogens with zero attached hydrogens (tertiary/aromatic N) is 1. The van der Waals surface area contributed by atoms with Gasteiger partial charge in [0.2, 0.25) is 17.7 Å². The lowest BCUT2D eigenvalue weighted by atomic mass is 9.84. The van der Waals surface area contributed by atoms with Gasteiger partial charge in [0.25, 0.3) is 0 Å². The second-order valence-electron chi connectivity index (χ2n) is 9.86.